The molecule has 0 radical (unpaired) electrons. The van der Waals surface area contributed by atoms with Gasteiger partial charge in [0.25, 0.3) is 0 Å². The number of nitrogens with two attached hydrogens (primary N) is 1. The third-order valence-electron chi connectivity index (χ3n) is 3.16. The summed E-state index contributed by atoms with van der Waals surface area (Å²) in [7, 11) is 1.98. The first kappa shape index (κ1) is 14.5. The van der Waals surface area contributed by atoms with E-state index in [1.165, 1.54) is 0 Å². The minimum absolute atomic E-state index is 0.264. The van der Waals surface area contributed by atoms with E-state index in [2.05, 4.69) is 15.5 Å². The quantitative estimate of drug-likeness (QED) is 0.223. The molecule has 4 N–H and O–H groups in total. The largest absolute Gasteiger partial charge is 0.409 e. The lowest BCUT2D eigenvalue weighted by Gasteiger charge is -2.22. The van der Waals surface area contributed by atoms with Gasteiger partial charge in [-0.05, 0) is 19.4 Å². The summed E-state index contributed by atoms with van der Waals surface area (Å²) in [5, 5.41) is 15.1. The van der Waals surface area contributed by atoms with Crippen molar-refractivity contribution in [1.82, 2.24) is 14.9 Å². The molecule has 0 spiro atoms. The van der Waals surface area contributed by atoms with Gasteiger partial charge < -0.3 is 20.8 Å². The van der Waals surface area contributed by atoms with Crippen LogP contribution in [0.5, 0.6) is 0 Å². The lowest BCUT2D eigenvalue weighted by Crippen LogP contribution is -2.32. The molecule has 0 aliphatic carbocycles. The molecule has 0 aliphatic rings. The Morgan fingerprint density at radius 3 is 2.89 bits per heavy atom. The lowest BCUT2D eigenvalue weighted by atomic mass is 9.86. The second kappa shape index (κ2) is 6.39. The number of nitrogens with one attached hydrogen (secondary N) is 1. The summed E-state index contributed by atoms with van der Waals surface area (Å²) in [5.41, 5.74) is 5.36. The molecular formula is C12H23N5O. The molecule has 0 aromatic carbocycles. The van der Waals surface area contributed by atoms with Gasteiger partial charge in [-0.2, -0.15) is 0 Å². The fraction of sp³-hybridized carbons (Fsp3) is 0.667. The van der Waals surface area contributed by atoms with Gasteiger partial charge in [-0.3, -0.25) is 0 Å². The van der Waals surface area contributed by atoms with Crippen molar-refractivity contribution in [2.24, 2.45) is 23.4 Å². The molecule has 0 saturated carbocycles. The van der Waals surface area contributed by atoms with Gasteiger partial charge in [0.1, 0.15) is 11.7 Å². The van der Waals surface area contributed by atoms with Gasteiger partial charge in [0.05, 0.1) is 6.54 Å². The van der Waals surface area contributed by atoms with Crippen molar-refractivity contribution in [3.8, 4) is 0 Å². The van der Waals surface area contributed by atoms with Gasteiger partial charge in [0.15, 0.2) is 0 Å². The molecule has 18 heavy (non-hydrogen) atoms. The highest BCUT2D eigenvalue weighted by molar-refractivity contribution is 5.85. The van der Waals surface area contributed by atoms with E-state index in [9.17, 15) is 0 Å². The van der Waals surface area contributed by atoms with Gasteiger partial charge in [0, 0.05) is 24.9 Å². The van der Waals surface area contributed by atoms with Crippen molar-refractivity contribution in [3.05, 3.63) is 18.2 Å². The first-order valence-corrected chi connectivity index (χ1v) is 6.12. The summed E-state index contributed by atoms with van der Waals surface area (Å²) >= 11 is 0. The van der Waals surface area contributed by atoms with Crippen molar-refractivity contribution in [1.29, 1.82) is 0 Å². The van der Waals surface area contributed by atoms with Crippen LogP contribution < -0.4 is 11.1 Å². The molecule has 1 aromatic heterocycles. The number of hydrogen-bond acceptors (Lipinski definition) is 4. The summed E-state index contributed by atoms with van der Waals surface area (Å²) in [6, 6.07) is 0. The van der Waals surface area contributed by atoms with Crippen LogP contribution in [0.1, 0.15) is 32.5 Å². The average molecular weight is 253 g/mol. The molecule has 0 atom stereocenters. The lowest BCUT2D eigenvalue weighted by molar-refractivity contribution is 0.304. The van der Waals surface area contributed by atoms with Gasteiger partial charge in [-0.25, -0.2) is 4.98 Å². The van der Waals surface area contributed by atoms with Crippen molar-refractivity contribution in [3.63, 3.8) is 0 Å². The SMILES string of the molecule is Cn1ccnc1CNCCCC(C)(C)C(N)=NO. The number of oxime groups is 1. The van der Waals surface area contributed by atoms with E-state index in [0.29, 0.717) is 0 Å². The molecule has 6 heteroatoms. The van der Waals surface area contributed by atoms with Crippen molar-refractivity contribution in [2.75, 3.05) is 6.54 Å². The minimum atomic E-state index is -0.264. The molecule has 6 nitrogen and oxygen atoms in total. The molecule has 0 fully saturated rings. The summed E-state index contributed by atoms with van der Waals surface area (Å²) in [6.45, 7) is 5.59. The number of imidazole rings is 1. The van der Waals surface area contributed by atoms with Crippen LogP contribution in [0.15, 0.2) is 17.5 Å². The van der Waals surface area contributed by atoms with Gasteiger partial charge >= 0.3 is 0 Å². The molecule has 1 heterocycles. The van der Waals surface area contributed by atoms with Crippen molar-refractivity contribution < 1.29 is 5.21 Å². The zero-order chi connectivity index (χ0) is 13.6. The topological polar surface area (TPSA) is 88.5 Å². The molecule has 0 aliphatic heterocycles. The summed E-state index contributed by atoms with van der Waals surface area (Å²) in [4.78, 5) is 4.23. The summed E-state index contributed by atoms with van der Waals surface area (Å²) in [5.74, 6) is 1.30. The monoisotopic (exact) mass is 253 g/mol. The van der Waals surface area contributed by atoms with Crippen LogP contribution >= 0.6 is 0 Å². The normalized spacial score (nSPS) is 12.9. The Bertz CT molecular complexity index is 397. The highest BCUT2D eigenvalue weighted by atomic mass is 16.4. The Morgan fingerprint density at radius 1 is 1.61 bits per heavy atom. The minimum Gasteiger partial charge on any atom is -0.409 e. The smallest absolute Gasteiger partial charge is 0.144 e. The van der Waals surface area contributed by atoms with Crippen molar-refractivity contribution in [2.45, 2.75) is 33.2 Å². The van der Waals surface area contributed by atoms with Crippen LogP contribution in [0.3, 0.4) is 0 Å². The van der Waals surface area contributed by atoms with Crippen LogP contribution in [0.4, 0.5) is 0 Å². The van der Waals surface area contributed by atoms with Crippen LogP contribution in [0.25, 0.3) is 0 Å². The van der Waals surface area contributed by atoms with Gasteiger partial charge in [-0.15, -0.1) is 0 Å². The average Bonchev–Trinajstić information content (AvgIpc) is 2.73. The van der Waals surface area contributed by atoms with Crippen LogP contribution in [-0.2, 0) is 13.6 Å². The fourth-order valence-corrected chi connectivity index (χ4v) is 1.69. The Kier molecular flexibility index (Phi) is 5.15. The highest BCUT2D eigenvalue weighted by Crippen LogP contribution is 2.21. The molecule has 0 unspecified atom stereocenters. The van der Waals surface area contributed by atoms with E-state index < -0.39 is 0 Å². The maximum atomic E-state index is 8.66. The second-order valence-corrected chi connectivity index (χ2v) is 5.10. The number of amidine groups is 1. The van der Waals surface area contributed by atoms with Crippen LogP contribution in [0, 0.1) is 5.41 Å². The van der Waals surface area contributed by atoms with Gasteiger partial charge in [-0.1, -0.05) is 19.0 Å². The molecule has 0 saturated heterocycles. The van der Waals surface area contributed by atoms with E-state index in [4.69, 9.17) is 10.9 Å². The number of nitrogens with zero attached hydrogens (tertiary/aromatic N) is 3. The molecule has 0 amide bonds. The van der Waals surface area contributed by atoms with Crippen molar-refractivity contribution >= 4 is 5.84 Å². The Morgan fingerprint density at radius 2 is 2.33 bits per heavy atom. The zero-order valence-corrected chi connectivity index (χ0v) is 11.3. The Hall–Kier alpha value is -1.56. The number of rotatable bonds is 7. The van der Waals surface area contributed by atoms with E-state index in [1.807, 2.05) is 31.7 Å². The highest BCUT2D eigenvalue weighted by Gasteiger charge is 2.22. The predicted octanol–water partition coefficient (Wildman–Crippen LogP) is 1.06. The molecule has 1 aromatic rings. The zero-order valence-electron chi connectivity index (χ0n) is 11.3. The van der Waals surface area contributed by atoms with Crippen LogP contribution in [-0.4, -0.2) is 27.1 Å². The maximum absolute atomic E-state index is 8.66. The number of hydrogen-bond donors (Lipinski definition) is 3. The summed E-state index contributed by atoms with van der Waals surface area (Å²) < 4.78 is 1.99. The molecule has 1 rings (SSSR count). The number of aryl methyl sites for hydroxylation is 1. The van der Waals surface area contributed by atoms with E-state index in [0.717, 1.165) is 31.8 Å². The predicted molar refractivity (Wildman–Crippen MR) is 71.3 cm³/mol. The first-order chi connectivity index (χ1) is 8.47. The number of aromatic nitrogens is 2. The molecule has 0 bridgehead atoms. The van der Waals surface area contributed by atoms with E-state index in [-0.39, 0.29) is 11.3 Å². The maximum Gasteiger partial charge on any atom is 0.144 e. The first-order valence-electron chi connectivity index (χ1n) is 6.12. The Balaban J connectivity index is 2.22. The molecular weight excluding hydrogens is 230 g/mol. The van der Waals surface area contributed by atoms with Gasteiger partial charge in [0.2, 0.25) is 0 Å². The molecule has 102 valence electrons. The second-order valence-electron chi connectivity index (χ2n) is 5.10. The van der Waals surface area contributed by atoms with E-state index in [1.54, 1.807) is 6.20 Å². The third kappa shape index (κ3) is 4.03. The third-order valence-corrected chi connectivity index (χ3v) is 3.16. The summed E-state index contributed by atoms with van der Waals surface area (Å²) in [6.07, 6.45) is 5.56. The van der Waals surface area contributed by atoms with Crippen LogP contribution in [0.2, 0.25) is 0 Å². The Labute approximate surface area is 108 Å². The fourth-order valence-electron chi connectivity index (χ4n) is 1.69. The standard InChI is InChI=1S/C12H23N5O/c1-12(2,11(13)16-18)5-4-6-14-9-10-15-7-8-17(10)3/h7-8,14,18H,4-6,9H2,1-3H3,(H2,13,16). The van der Waals surface area contributed by atoms with E-state index >= 15 is 0 Å².